The molecule has 1 heterocycles. The highest BCUT2D eigenvalue weighted by atomic mass is 31.2. The van der Waals surface area contributed by atoms with Crippen molar-refractivity contribution in [2.24, 2.45) is 5.41 Å². The molecule has 0 bridgehead atoms. The van der Waals surface area contributed by atoms with Crippen molar-refractivity contribution in [3.63, 3.8) is 0 Å². The first-order valence-corrected chi connectivity index (χ1v) is 14.2. The molecule has 1 aliphatic rings. The molecule has 0 unspecified atom stereocenters. The molecule has 0 N–H and O–H groups in total. The minimum absolute atomic E-state index is 0.0130. The fourth-order valence-corrected chi connectivity index (χ4v) is 7.10. The number of benzene rings is 2. The van der Waals surface area contributed by atoms with E-state index in [-0.39, 0.29) is 24.3 Å². The zero-order chi connectivity index (χ0) is 30.5. The van der Waals surface area contributed by atoms with E-state index in [0.29, 0.717) is 5.56 Å². The number of carbonyl (C=O) groups excluding carboxylic acids is 4. The largest absolute Gasteiger partial charge is 0.465 e. The summed E-state index contributed by atoms with van der Waals surface area (Å²) in [6.07, 6.45) is 2.83. The Morgan fingerprint density at radius 3 is 1.59 bits per heavy atom. The van der Waals surface area contributed by atoms with Crippen LogP contribution in [0.1, 0.15) is 84.6 Å². The molecule has 1 atom stereocenters. The lowest BCUT2D eigenvalue weighted by atomic mass is 9.83. The van der Waals surface area contributed by atoms with Crippen molar-refractivity contribution in [3.05, 3.63) is 75.4 Å². The number of ether oxygens (including phenoxy) is 4. The average molecular weight is 589 g/mol. The predicted molar refractivity (Wildman–Crippen MR) is 148 cm³/mol. The van der Waals surface area contributed by atoms with Gasteiger partial charge in [-0.15, -0.1) is 0 Å². The fourth-order valence-electron chi connectivity index (χ4n) is 4.55. The molecular weight excluding hydrogens is 555 g/mol. The first-order chi connectivity index (χ1) is 19.4. The Kier molecular flexibility index (Phi) is 9.91. The van der Waals surface area contributed by atoms with Crippen LogP contribution in [0.4, 0.5) is 0 Å². The number of allylic oxidation sites excluding steroid dienone is 1. The molecule has 0 aromatic heterocycles. The zero-order valence-corrected chi connectivity index (χ0v) is 24.9. The van der Waals surface area contributed by atoms with Gasteiger partial charge in [-0.25, -0.2) is 19.2 Å². The van der Waals surface area contributed by atoms with Gasteiger partial charge in [0.15, 0.2) is 0 Å². The smallest absolute Gasteiger partial charge is 0.342 e. The van der Waals surface area contributed by atoms with E-state index in [1.165, 1.54) is 12.2 Å². The Bertz CT molecular complexity index is 1350. The van der Waals surface area contributed by atoms with Crippen LogP contribution in [-0.2, 0) is 32.6 Å². The lowest BCUT2D eigenvalue weighted by Gasteiger charge is -2.38. The maximum Gasteiger partial charge on any atom is 0.342 e. The topological polar surface area (TPSA) is 141 Å². The molecule has 220 valence electrons. The van der Waals surface area contributed by atoms with Gasteiger partial charge in [-0.05, 0) is 12.5 Å². The van der Waals surface area contributed by atoms with Gasteiger partial charge in [-0.1, -0.05) is 56.3 Å². The van der Waals surface area contributed by atoms with E-state index in [9.17, 15) is 23.7 Å². The van der Waals surface area contributed by atoms with Gasteiger partial charge < -0.3 is 28.0 Å². The van der Waals surface area contributed by atoms with Crippen LogP contribution in [0.2, 0.25) is 0 Å². The molecule has 1 aliphatic heterocycles. The van der Waals surface area contributed by atoms with Gasteiger partial charge in [-0.2, -0.15) is 0 Å². The number of carbonyl (C=O) groups is 4. The second kappa shape index (κ2) is 12.8. The van der Waals surface area contributed by atoms with Gasteiger partial charge in [0, 0.05) is 16.5 Å². The Hall–Kier alpha value is -3.79. The second-order valence-corrected chi connectivity index (χ2v) is 12.0. The summed E-state index contributed by atoms with van der Waals surface area (Å²) in [5.41, 5.74) is -3.94. The van der Waals surface area contributed by atoms with E-state index in [1.807, 2.05) is 13.8 Å². The van der Waals surface area contributed by atoms with E-state index in [2.05, 4.69) is 0 Å². The third-order valence-corrected chi connectivity index (χ3v) is 8.61. The summed E-state index contributed by atoms with van der Waals surface area (Å²) in [7, 11) is 0.0286. The summed E-state index contributed by atoms with van der Waals surface area (Å²) in [5, 5.41) is 0. The van der Waals surface area contributed by atoms with Crippen LogP contribution in [0.5, 0.6) is 0 Å². The molecule has 1 fully saturated rings. The summed E-state index contributed by atoms with van der Waals surface area (Å²) < 4.78 is 46.6. The molecule has 41 heavy (non-hydrogen) atoms. The Balaban J connectivity index is 2.72. The first kappa shape index (κ1) is 31.7. The van der Waals surface area contributed by atoms with E-state index in [4.69, 9.17) is 28.0 Å². The normalized spacial score (nSPS) is 16.5. The van der Waals surface area contributed by atoms with Crippen LogP contribution in [0.3, 0.4) is 0 Å². The van der Waals surface area contributed by atoms with Crippen LogP contribution in [-0.4, -0.2) is 65.5 Å². The Morgan fingerprint density at radius 2 is 1.20 bits per heavy atom. The maximum atomic E-state index is 14.7. The number of esters is 4. The number of hydrogen-bond donors (Lipinski definition) is 0. The molecule has 2 aromatic rings. The monoisotopic (exact) mass is 588 g/mol. The van der Waals surface area contributed by atoms with E-state index in [1.54, 1.807) is 37.3 Å². The van der Waals surface area contributed by atoms with Crippen LogP contribution < -0.4 is 0 Å². The highest BCUT2D eigenvalue weighted by Crippen LogP contribution is 2.67. The van der Waals surface area contributed by atoms with Crippen LogP contribution >= 0.6 is 7.60 Å². The third kappa shape index (κ3) is 6.12. The number of hydrogen-bond acceptors (Lipinski definition) is 11. The van der Waals surface area contributed by atoms with Crippen molar-refractivity contribution < 1.29 is 51.7 Å². The van der Waals surface area contributed by atoms with Gasteiger partial charge in [0.2, 0.25) is 0 Å². The summed E-state index contributed by atoms with van der Waals surface area (Å²) in [6.45, 7) is 5.33. The van der Waals surface area contributed by atoms with Gasteiger partial charge >= 0.3 is 31.5 Å². The minimum Gasteiger partial charge on any atom is -0.465 e. The average Bonchev–Trinajstić information content (AvgIpc) is 2.97. The van der Waals surface area contributed by atoms with Crippen molar-refractivity contribution in [1.82, 2.24) is 0 Å². The summed E-state index contributed by atoms with van der Waals surface area (Å²) in [4.78, 5) is 53.9. The fraction of sp³-hybridized carbons (Fsp3) is 0.379. The first-order valence-electron chi connectivity index (χ1n) is 12.5. The van der Waals surface area contributed by atoms with Gasteiger partial charge in [0.25, 0.3) is 0 Å². The highest BCUT2D eigenvalue weighted by Gasteiger charge is 2.50. The second-order valence-electron chi connectivity index (χ2n) is 9.86. The van der Waals surface area contributed by atoms with Gasteiger partial charge in [-0.3, -0.25) is 4.57 Å². The Labute approximate surface area is 238 Å². The third-order valence-electron chi connectivity index (χ3n) is 6.44. The van der Waals surface area contributed by atoms with Crippen molar-refractivity contribution in [2.75, 3.05) is 41.7 Å². The van der Waals surface area contributed by atoms with Crippen LogP contribution in [0.25, 0.3) is 6.08 Å². The number of rotatable bonds is 8. The molecule has 11 nitrogen and oxygen atoms in total. The molecule has 2 aromatic carbocycles. The van der Waals surface area contributed by atoms with Crippen molar-refractivity contribution in [3.8, 4) is 0 Å². The number of methoxy groups -OCH3 is 4. The minimum atomic E-state index is -4.29. The van der Waals surface area contributed by atoms with Crippen LogP contribution in [0, 0.1) is 5.41 Å². The maximum absolute atomic E-state index is 14.7. The van der Waals surface area contributed by atoms with Crippen molar-refractivity contribution in [1.29, 1.82) is 0 Å². The molecule has 0 saturated carbocycles. The summed E-state index contributed by atoms with van der Waals surface area (Å²) in [5.74, 6) is -4.20. The summed E-state index contributed by atoms with van der Waals surface area (Å²) >= 11 is 0. The standard InChI is InChI=1S/C29H33O11P/c1-8-12-18-19(25(30)35-4)22(27(32)37-6)21(23(28(33)38-7)20(18)26(31)36-5)24(17-13-10-9-11-14-17)41(34)39-15-29(2,3)16-40-41/h8-14,24H,15-16H2,1-7H3/b12-8+/t24-/m0/s1. The van der Waals surface area contributed by atoms with E-state index < -0.39 is 64.8 Å². The lowest BCUT2D eigenvalue weighted by molar-refractivity contribution is 0.0388. The quantitative estimate of drug-likeness (QED) is 0.228. The molecule has 0 radical (unpaired) electrons. The van der Waals surface area contributed by atoms with Crippen LogP contribution in [0.15, 0.2) is 36.4 Å². The van der Waals surface area contributed by atoms with Gasteiger partial charge in [0.05, 0.1) is 63.9 Å². The zero-order valence-electron chi connectivity index (χ0n) is 24.0. The molecule has 1 saturated heterocycles. The van der Waals surface area contributed by atoms with Gasteiger partial charge in [0.1, 0.15) is 5.66 Å². The predicted octanol–water partition coefficient (Wildman–Crippen LogP) is 5.22. The van der Waals surface area contributed by atoms with Crippen molar-refractivity contribution in [2.45, 2.75) is 26.4 Å². The van der Waals surface area contributed by atoms with E-state index in [0.717, 1.165) is 28.4 Å². The molecule has 3 rings (SSSR count). The molecule has 0 spiro atoms. The molecular formula is C29H33O11P. The van der Waals surface area contributed by atoms with Crippen molar-refractivity contribution >= 4 is 37.5 Å². The molecule has 0 aliphatic carbocycles. The van der Waals surface area contributed by atoms with E-state index >= 15 is 0 Å². The SMILES string of the molecule is C/C=C/c1c(C(=O)OC)c(C(=O)OC)c([C@H](c2ccccc2)P2(=O)OCC(C)(C)CO2)c(C(=O)OC)c1C(=O)OC. The molecule has 12 heteroatoms. The summed E-state index contributed by atoms with van der Waals surface area (Å²) in [6, 6.07) is 8.19. The molecule has 0 amide bonds. The lowest BCUT2D eigenvalue weighted by Crippen LogP contribution is -2.32. The Morgan fingerprint density at radius 1 is 0.780 bits per heavy atom. The highest BCUT2D eigenvalue weighted by molar-refractivity contribution is 7.54.